The fourth-order valence-electron chi connectivity index (χ4n) is 3.67. The molecule has 8 heteroatoms. The first-order valence-corrected chi connectivity index (χ1v) is 9.85. The van der Waals surface area contributed by atoms with Crippen LogP contribution in [0.2, 0.25) is 0 Å². The van der Waals surface area contributed by atoms with Crippen molar-refractivity contribution in [2.75, 3.05) is 5.32 Å². The highest BCUT2D eigenvalue weighted by molar-refractivity contribution is 5.97. The minimum Gasteiger partial charge on any atom is -0.361 e. The second-order valence-electron chi connectivity index (χ2n) is 7.49. The lowest BCUT2D eigenvalue weighted by Gasteiger charge is -2.16. The predicted octanol–water partition coefficient (Wildman–Crippen LogP) is 3.09. The summed E-state index contributed by atoms with van der Waals surface area (Å²) in [6.07, 6.45) is 4.31. The van der Waals surface area contributed by atoms with Crippen molar-refractivity contribution in [3.05, 3.63) is 47.5 Å². The molecule has 0 bridgehead atoms. The number of rotatable bonds is 7. The molecule has 1 aliphatic rings. The number of nitrogens with zero attached hydrogens (tertiary/aromatic N) is 2. The molecule has 0 saturated heterocycles. The van der Waals surface area contributed by atoms with Gasteiger partial charge in [0.2, 0.25) is 11.8 Å². The van der Waals surface area contributed by atoms with Gasteiger partial charge in [-0.2, -0.15) is 5.10 Å². The Morgan fingerprint density at radius 2 is 2.14 bits per heavy atom. The maximum atomic E-state index is 13.4. The summed E-state index contributed by atoms with van der Waals surface area (Å²) in [7, 11) is 0. The number of H-pyrrole nitrogens is 1. The summed E-state index contributed by atoms with van der Waals surface area (Å²) in [6.45, 7) is 4.13. The van der Waals surface area contributed by atoms with Gasteiger partial charge >= 0.3 is 0 Å². The molecule has 3 aromatic rings. The van der Waals surface area contributed by atoms with Crippen LogP contribution in [-0.4, -0.2) is 32.6 Å². The van der Waals surface area contributed by atoms with Crippen LogP contribution in [0.4, 0.5) is 10.2 Å². The van der Waals surface area contributed by atoms with Crippen LogP contribution in [0, 0.1) is 5.82 Å². The smallest absolute Gasteiger partial charge is 0.248 e. The molecule has 0 aliphatic heterocycles. The fourth-order valence-corrected chi connectivity index (χ4v) is 3.67. The second kappa shape index (κ2) is 7.69. The van der Waals surface area contributed by atoms with Crippen molar-refractivity contribution in [1.29, 1.82) is 0 Å². The molecule has 1 aromatic carbocycles. The van der Waals surface area contributed by atoms with Crippen LogP contribution in [0.15, 0.2) is 30.5 Å². The molecule has 1 atom stereocenters. The van der Waals surface area contributed by atoms with E-state index in [1.807, 2.05) is 17.7 Å². The number of aromatic nitrogens is 3. The monoisotopic (exact) mass is 397 g/mol. The maximum Gasteiger partial charge on any atom is 0.248 e. The van der Waals surface area contributed by atoms with Gasteiger partial charge in [-0.15, -0.1) is 0 Å². The third-order valence-corrected chi connectivity index (χ3v) is 5.21. The summed E-state index contributed by atoms with van der Waals surface area (Å²) in [6, 6.07) is 5.60. The third-order valence-electron chi connectivity index (χ3n) is 5.21. The van der Waals surface area contributed by atoms with Crippen LogP contribution in [0.5, 0.6) is 0 Å². The molecule has 2 aromatic heterocycles. The summed E-state index contributed by atoms with van der Waals surface area (Å²) < 4.78 is 15.3. The van der Waals surface area contributed by atoms with Crippen molar-refractivity contribution in [2.24, 2.45) is 0 Å². The van der Waals surface area contributed by atoms with Gasteiger partial charge in [0.15, 0.2) is 5.82 Å². The van der Waals surface area contributed by atoms with E-state index < -0.39 is 6.04 Å². The number of nitrogens with one attached hydrogen (secondary N) is 3. The van der Waals surface area contributed by atoms with E-state index in [1.165, 1.54) is 19.1 Å². The SMILES string of the molecule is CCn1nc(NC(=O)C(Cc2c[nH]c3cc(F)ccc23)NC(C)=O)cc1C1CC1. The quantitative estimate of drug-likeness (QED) is 0.572. The Morgan fingerprint density at radius 1 is 1.34 bits per heavy atom. The van der Waals surface area contributed by atoms with Crippen molar-refractivity contribution in [2.45, 2.75) is 51.6 Å². The molecule has 2 heterocycles. The molecule has 3 N–H and O–H groups in total. The van der Waals surface area contributed by atoms with Gasteiger partial charge in [-0.1, -0.05) is 0 Å². The summed E-state index contributed by atoms with van der Waals surface area (Å²) in [5.41, 5.74) is 2.61. The average Bonchev–Trinajstić information content (AvgIpc) is 3.33. The van der Waals surface area contributed by atoms with E-state index in [0.717, 1.165) is 36.0 Å². The number of fused-ring (bicyclic) bond motifs is 1. The Labute approximate surface area is 167 Å². The van der Waals surface area contributed by atoms with Gasteiger partial charge in [0, 0.05) is 54.7 Å². The molecule has 2 amide bonds. The molecular weight excluding hydrogens is 373 g/mol. The fraction of sp³-hybridized carbons (Fsp3) is 0.381. The molecule has 1 aliphatic carbocycles. The Morgan fingerprint density at radius 3 is 2.83 bits per heavy atom. The molecule has 0 radical (unpaired) electrons. The van der Waals surface area contributed by atoms with Crippen molar-refractivity contribution in [3.8, 4) is 0 Å². The lowest BCUT2D eigenvalue weighted by Crippen LogP contribution is -2.44. The van der Waals surface area contributed by atoms with Crippen molar-refractivity contribution in [1.82, 2.24) is 20.1 Å². The average molecular weight is 397 g/mol. The summed E-state index contributed by atoms with van der Waals surface area (Å²) in [5.74, 6) is 0.0505. The van der Waals surface area contributed by atoms with Gasteiger partial charge in [-0.3, -0.25) is 14.3 Å². The lowest BCUT2D eigenvalue weighted by atomic mass is 10.0. The van der Waals surface area contributed by atoms with E-state index in [2.05, 4.69) is 20.7 Å². The molecule has 29 heavy (non-hydrogen) atoms. The van der Waals surface area contributed by atoms with Crippen molar-refractivity contribution < 1.29 is 14.0 Å². The molecule has 4 rings (SSSR count). The number of aromatic amines is 1. The number of amides is 2. The molecule has 7 nitrogen and oxygen atoms in total. The van der Waals surface area contributed by atoms with Crippen molar-refractivity contribution >= 4 is 28.5 Å². The van der Waals surface area contributed by atoms with Gasteiger partial charge in [-0.25, -0.2) is 4.39 Å². The maximum absolute atomic E-state index is 13.4. The minimum atomic E-state index is -0.771. The first-order valence-electron chi connectivity index (χ1n) is 9.85. The highest BCUT2D eigenvalue weighted by Gasteiger charge is 2.29. The highest BCUT2D eigenvalue weighted by atomic mass is 19.1. The van der Waals surface area contributed by atoms with E-state index in [4.69, 9.17) is 0 Å². The van der Waals surface area contributed by atoms with E-state index in [9.17, 15) is 14.0 Å². The number of anilines is 1. The van der Waals surface area contributed by atoms with Gasteiger partial charge < -0.3 is 15.6 Å². The van der Waals surface area contributed by atoms with E-state index >= 15 is 0 Å². The zero-order chi connectivity index (χ0) is 20.5. The number of benzene rings is 1. The van der Waals surface area contributed by atoms with Gasteiger partial charge in [0.1, 0.15) is 11.9 Å². The van der Waals surface area contributed by atoms with Crippen LogP contribution in [0.25, 0.3) is 10.9 Å². The number of hydrogen-bond donors (Lipinski definition) is 3. The number of carbonyl (C=O) groups is 2. The third kappa shape index (κ3) is 4.16. The second-order valence-corrected chi connectivity index (χ2v) is 7.49. The first-order chi connectivity index (χ1) is 13.9. The first kappa shape index (κ1) is 19.2. The Bertz CT molecular complexity index is 1070. The summed E-state index contributed by atoms with van der Waals surface area (Å²) >= 11 is 0. The van der Waals surface area contributed by atoms with Crippen LogP contribution < -0.4 is 10.6 Å². The van der Waals surface area contributed by atoms with Gasteiger partial charge in [0.05, 0.1) is 0 Å². The largest absolute Gasteiger partial charge is 0.361 e. The summed E-state index contributed by atoms with van der Waals surface area (Å²) in [5, 5.41) is 10.8. The Balaban J connectivity index is 1.54. The van der Waals surface area contributed by atoms with E-state index in [-0.39, 0.29) is 24.1 Å². The van der Waals surface area contributed by atoms with Crippen LogP contribution in [0.3, 0.4) is 0 Å². The molecule has 0 spiro atoms. The normalized spacial score (nSPS) is 14.7. The molecule has 1 saturated carbocycles. The number of carbonyl (C=O) groups excluding carboxylic acids is 2. The van der Waals surface area contributed by atoms with Crippen LogP contribution in [-0.2, 0) is 22.6 Å². The van der Waals surface area contributed by atoms with Crippen LogP contribution in [0.1, 0.15) is 43.9 Å². The molecule has 152 valence electrons. The summed E-state index contributed by atoms with van der Waals surface area (Å²) in [4.78, 5) is 27.6. The molecule has 1 fully saturated rings. The van der Waals surface area contributed by atoms with Crippen LogP contribution >= 0.6 is 0 Å². The Hall–Kier alpha value is -3.16. The van der Waals surface area contributed by atoms with Gasteiger partial charge in [0.25, 0.3) is 0 Å². The number of halogens is 1. The van der Waals surface area contributed by atoms with E-state index in [1.54, 1.807) is 12.3 Å². The lowest BCUT2D eigenvalue weighted by molar-refractivity contribution is -0.125. The Kier molecular flexibility index (Phi) is 5.08. The van der Waals surface area contributed by atoms with E-state index in [0.29, 0.717) is 17.3 Å². The molecule has 1 unspecified atom stereocenters. The highest BCUT2D eigenvalue weighted by Crippen LogP contribution is 2.40. The minimum absolute atomic E-state index is 0.279. The zero-order valence-electron chi connectivity index (χ0n) is 16.5. The van der Waals surface area contributed by atoms with Gasteiger partial charge in [-0.05, 0) is 43.5 Å². The standard InChI is InChI=1S/C21H24FN5O2/c1-3-27-19(13-4-5-13)10-20(26-27)25-21(29)18(24-12(2)28)8-14-11-23-17-9-15(22)6-7-16(14)17/h6-7,9-11,13,18,23H,3-5,8H2,1-2H3,(H,24,28)(H,25,26,29). The molecular formula is C21H24FN5O2. The number of hydrogen-bond acceptors (Lipinski definition) is 3. The zero-order valence-corrected chi connectivity index (χ0v) is 16.5. The predicted molar refractivity (Wildman–Crippen MR) is 108 cm³/mol. The topological polar surface area (TPSA) is 91.8 Å². The number of aryl methyl sites for hydroxylation is 1. The van der Waals surface area contributed by atoms with Crippen molar-refractivity contribution in [3.63, 3.8) is 0 Å².